The molecule has 0 saturated heterocycles. The third kappa shape index (κ3) is 4.19. The van der Waals surface area contributed by atoms with Crippen LogP contribution >= 0.6 is 11.3 Å². The van der Waals surface area contributed by atoms with Gasteiger partial charge in [-0.2, -0.15) is 0 Å². The van der Waals surface area contributed by atoms with E-state index >= 15 is 0 Å². The number of benzene rings is 3. The molecule has 4 aromatic rings. The number of hydrogen-bond acceptors (Lipinski definition) is 5. The van der Waals surface area contributed by atoms with Crippen LogP contribution < -0.4 is 10.0 Å². The van der Waals surface area contributed by atoms with Gasteiger partial charge in [-0.3, -0.25) is 14.8 Å². The summed E-state index contributed by atoms with van der Waals surface area (Å²) in [7, 11) is -3.70. The van der Waals surface area contributed by atoms with Crippen LogP contribution in [0.1, 0.15) is 21.5 Å². The Hall–Kier alpha value is -3.23. The second kappa shape index (κ2) is 7.89. The highest BCUT2D eigenvalue weighted by atomic mass is 32.2. The van der Waals surface area contributed by atoms with Crippen LogP contribution in [-0.2, 0) is 10.0 Å². The number of hydrogen-bond donors (Lipinski definition) is 2. The lowest BCUT2D eigenvalue weighted by Gasteiger charge is -2.09. The van der Waals surface area contributed by atoms with Crippen molar-refractivity contribution in [3.63, 3.8) is 0 Å². The fraction of sp³-hybridized carbons (Fsp3) is 0.0909. The number of thiazole rings is 1. The van der Waals surface area contributed by atoms with Gasteiger partial charge in [0.05, 0.1) is 20.8 Å². The van der Waals surface area contributed by atoms with Gasteiger partial charge in [0, 0.05) is 5.56 Å². The first kappa shape index (κ1) is 20.1. The van der Waals surface area contributed by atoms with Gasteiger partial charge < -0.3 is 0 Å². The van der Waals surface area contributed by atoms with Gasteiger partial charge in [0.2, 0.25) is 0 Å². The number of carbonyl (C=O) groups excluding carboxylic acids is 1. The molecule has 0 aliphatic carbocycles. The molecule has 0 radical (unpaired) electrons. The van der Waals surface area contributed by atoms with Crippen molar-refractivity contribution in [3.8, 4) is 0 Å². The lowest BCUT2D eigenvalue weighted by atomic mass is 10.2. The molecule has 0 unspecified atom stereocenters. The number of nitrogens with one attached hydrogen (secondary N) is 2. The molecule has 0 bridgehead atoms. The zero-order chi connectivity index (χ0) is 21.3. The summed E-state index contributed by atoms with van der Waals surface area (Å²) >= 11 is 1.29. The number of anilines is 2. The predicted molar refractivity (Wildman–Crippen MR) is 121 cm³/mol. The first-order valence-electron chi connectivity index (χ1n) is 9.19. The number of fused-ring (bicyclic) bond motifs is 1. The molecule has 0 aliphatic rings. The Morgan fingerprint density at radius 1 is 0.967 bits per heavy atom. The minimum absolute atomic E-state index is 0.200. The molecule has 1 heterocycles. The summed E-state index contributed by atoms with van der Waals surface area (Å²) in [6, 6.07) is 19.0. The molecular formula is C22H19N3O3S2. The molecule has 0 aliphatic heterocycles. The fourth-order valence-electron chi connectivity index (χ4n) is 3.00. The van der Waals surface area contributed by atoms with E-state index in [1.165, 1.54) is 11.3 Å². The van der Waals surface area contributed by atoms with Gasteiger partial charge in [0.25, 0.3) is 15.9 Å². The van der Waals surface area contributed by atoms with Gasteiger partial charge in [-0.1, -0.05) is 47.2 Å². The van der Waals surface area contributed by atoms with Crippen LogP contribution in [0.25, 0.3) is 10.2 Å². The molecule has 1 aromatic heterocycles. The summed E-state index contributed by atoms with van der Waals surface area (Å²) in [6.45, 7) is 3.76. The summed E-state index contributed by atoms with van der Waals surface area (Å²) in [6.07, 6.45) is 0. The number of aryl methyl sites for hydroxylation is 2. The zero-order valence-corrected chi connectivity index (χ0v) is 18.0. The van der Waals surface area contributed by atoms with Crippen LogP contribution in [-0.4, -0.2) is 19.3 Å². The highest BCUT2D eigenvalue weighted by Crippen LogP contribution is 2.32. The minimum atomic E-state index is -3.70. The van der Waals surface area contributed by atoms with Crippen LogP contribution in [0.5, 0.6) is 0 Å². The van der Waals surface area contributed by atoms with Gasteiger partial charge in [-0.05, 0) is 55.8 Å². The van der Waals surface area contributed by atoms with E-state index in [0.29, 0.717) is 16.4 Å². The second-order valence-corrected chi connectivity index (χ2v) is 9.61. The van der Waals surface area contributed by atoms with Crippen molar-refractivity contribution < 1.29 is 13.2 Å². The minimum Gasteiger partial charge on any atom is -0.298 e. The fourth-order valence-corrected chi connectivity index (χ4v) is 5.02. The molecule has 3 aromatic carbocycles. The molecule has 2 N–H and O–H groups in total. The standard InChI is InChI=1S/C22H19N3O3S2/c1-14-8-10-18(11-9-14)30(27,28)25-17-12-15(2)20-19(13-17)29-22(23-20)24-21(26)16-6-4-3-5-7-16/h3-13,25H,1-2H3,(H,23,24,26). The normalized spacial score (nSPS) is 11.4. The predicted octanol–water partition coefficient (Wildman–Crippen LogP) is 4.97. The maximum atomic E-state index is 12.7. The third-order valence-electron chi connectivity index (χ3n) is 4.53. The molecule has 0 saturated carbocycles. The lowest BCUT2D eigenvalue weighted by molar-refractivity contribution is 0.102. The number of carbonyl (C=O) groups is 1. The number of rotatable bonds is 5. The summed E-state index contributed by atoms with van der Waals surface area (Å²) in [5.74, 6) is -0.243. The van der Waals surface area contributed by atoms with Crippen molar-refractivity contribution in [2.24, 2.45) is 0 Å². The quantitative estimate of drug-likeness (QED) is 0.462. The van der Waals surface area contributed by atoms with Gasteiger partial charge in [-0.25, -0.2) is 13.4 Å². The Morgan fingerprint density at radius 2 is 1.67 bits per heavy atom. The number of sulfonamides is 1. The van der Waals surface area contributed by atoms with Crippen LogP contribution in [0.4, 0.5) is 10.8 Å². The molecular weight excluding hydrogens is 418 g/mol. The molecule has 30 heavy (non-hydrogen) atoms. The monoisotopic (exact) mass is 437 g/mol. The van der Waals surface area contributed by atoms with E-state index in [1.54, 1.807) is 60.7 Å². The Morgan fingerprint density at radius 3 is 2.37 bits per heavy atom. The van der Waals surface area contributed by atoms with E-state index in [2.05, 4.69) is 15.0 Å². The highest BCUT2D eigenvalue weighted by Gasteiger charge is 2.16. The maximum absolute atomic E-state index is 12.7. The number of nitrogens with zero attached hydrogens (tertiary/aromatic N) is 1. The van der Waals surface area contributed by atoms with Crippen molar-refractivity contribution in [2.75, 3.05) is 10.0 Å². The first-order valence-corrected chi connectivity index (χ1v) is 11.5. The third-order valence-corrected chi connectivity index (χ3v) is 6.84. The van der Waals surface area contributed by atoms with Crippen molar-refractivity contribution in [1.29, 1.82) is 0 Å². The molecule has 152 valence electrons. The molecule has 0 spiro atoms. The maximum Gasteiger partial charge on any atom is 0.261 e. The SMILES string of the molecule is Cc1ccc(S(=O)(=O)Nc2cc(C)c3nc(NC(=O)c4ccccc4)sc3c2)cc1. The van der Waals surface area contributed by atoms with Gasteiger partial charge >= 0.3 is 0 Å². The summed E-state index contributed by atoms with van der Waals surface area (Å²) in [5.41, 5.74) is 3.51. The molecule has 1 amide bonds. The van der Waals surface area contributed by atoms with E-state index in [9.17, 15) is 13.2 Å². The van der Waals surface area contributed by atoms with Crippen molar-refractivity contribution in [1.82, 2.24) is 4.98 Å². The Kier molecular flexibility index (Phi) is 5.27. The lowest BCUT2D eigenvalue weighted by Crippen LogP contribution is -2.13. The van der Waals surface area contributed by atoms with E-state index < -0.39 is 10.0 Å². The zero-order valence-electron chi connectivity index (χ0n) is 16.3. The van der Waals surface area contributed by atoms with Crippen LogP contribution in [0.15, 0.2) is 71.6 Å². The number of amides is 1. The Balaban J connectivity index is 1.60. The van der Waals surface area contributed by atoms with E-state index in [-0.39, 0.29) is 10.8 Å². The van der Waals surface area contributed by atoms with Crippen molar-refractivity contribution in [3.05, 3.63) is 83.4 Å². The van der Waals surface area contributed by atoms with Crippen LogP contribution in [0.2, 0.25) is 0 Å². The van der Waals surface area contributed by atoms with Crippen molar-refractivity contribution in [2.45, 2.75) is 18.7 Å². The van der Waals surface area contributed by atoms with E-state index in [4.69, 9.17) is 0 Å². The molecule has 6 nitrogen and oxygen atoms in total. The molecule has 8 heteroatoms. The smallest absolute Gasteiger partial charge is 0.261 e. The largest absolute Gasteiger partial charge is 0.298 e. The van der Waals surface area contributed by atoms with Crippen LogP contribution in [0, 0.1) is 13.8 Å². The molecule has 0 atom stereocenters. The summed E-state index contributed by atoms with van der Waals surface area (Å²) < 4.78 is 28.8. The molecule has 0 fully saturated rings. The van der Waals surface area contributed by atoms with Gasteiger partial charge in [0.15, 0.2) is 5.13 Å². The van der Waals surface area contributed by atoms with Gasteiger partial charge in [-0.15, -0.1) is 0 Å². The number of aromatic nitrogens is 1. The van der Waals surface area contributed by atoms with Gasteiger partial charge in [0.1, 0.15) is 0 Å². The highest BCUT2D eigenvalue weighted by molar-refractivity contribution is 7.92. The van der Waals surface area contributed by atoms with Crippen LogP contribution in [0.3, 0.4) is 0 Å². The average molecular weight is 438 g/mol. The van der Waals surface area contributed by atoms with Crippen molar-refractivity contribution >= 4 is 48.3 Å². The Bertz CT molecular complexity index is 1330. The molecule has 4 rings (SSSR count). The second-order valence-electron chi connectivity index (χ2n) is 6.90. The van der Waals surface area contributed by atoms with E-state index in [1.807, 2.05) is 19.9 Å². The Labute approximate surface area is 178 Å². The average Bonchev–Trinajstić information content (AvgIpc) is 3.11. The summed E-state index contributed by atoms with van der Waals surface area (Å²) in [5, 5.41) is 3.26. The summed E-state index contributed by atoms with van der Waals surface area (Å²) in [4.78, 5) is 17.1. The first-order chi connectivity index (χ1) is 14.3. The topological polar surface area (TPSA) is 88.2 Å². The van der Waals surface area contributed by atoms with E-state index in [0.717, 1.165) is 21.3 Å².